The highest BCUT2D eigenvalue weighted by molar-refractivity contribution is 6.39. The second-order valence-electron chi connectivity index (χ2n) is 17.9. The molecule has 12 aromatic rings. The average molecular weight is 790 g/mol. The van der Waals surface area contributed by atoms with Gasteiger partial charge >= 0.3 is 0 Å². The van der Waals surface area contributed by atoms with Crippen LogP contribution in [0.1, 0.15) is 43.4 Å². The lowest BCUT2D eigenvalue weighted by Crippen LogP contribution is -2.14. The first-order valence-electron chi connectivity index (χ1n) is 21.9. The van der Waals surface area contributed by atoms with Crippen LogP contribution < -0.4 is 0 Å². The molecule has 0 bridgehead atoms. The third-order valence-corrected chi connectivity index (χ3v) is 14.3. The molecule has 0 atom stereocenters. The summed E-state index contributed by atoms with van der Waals surface area (Å²) in [6.45, 7) is 4.78. The molecule has 0 N–H and O–H groups in total. The van der Waals surface area contributed by atoms with Gasteiger partial charge in [-0.25, -0.2) is 9.97 Å². The van der Waals surface area contributed by atoms with Gasteiger partial charge in [0.1, 0.15) is 0 Å². The molecule has 10 aromatic carbocycles. The van der Waals surface area contributed by atoms with Crippen molar-refractivity contribution in [1.82, 2.24) is 14.5 Å². The van der Waals surface area contributed by atoms with Crippen molar-refractivity contribution in [3.8, 4) is 28.3 Å². The van der Waals surface area contributed by atoms with E-state index in [0.29, 0.717) is 5.95 Å². The summed E-state index contributed by atoms with van der Waals surface area (Å²) in [6.07, 6.45) is 9.08. The molecule has 0 aliphatic heterocycles. The van der Waals surface area contributed by atoms with Gasteiger partial charge in [-0.3, -0.25) is 4.57 Å². The second-order valence-corrected chi connectivity index (χ2v) is 17.9. The van der Waals surface area contributed by atoms with Crippen molar-refractivity contribution in [3.05, 3.63) is 193 Å². The molecule has 0 fully saturated rings. The van der Waals surface area contributed by atoms with E-state index >= 15 is 0 Å². The summed E-state index contributed by atoms with van der Waals surface area (Å²) in [4.78, 5) is 11.0. The van der Waals surface area contributed by atoms with E-state index in [2.05, 4.69) is 194 Å². The molecule has 2 aromatic heterocycles. The second kappa shape index (κ2) is 12.2. The number of fused-ring (bicyclic) bond motifs is 12. The Morgan fingerprint density at radius 1 is 0.484 bits per heavy atom. The van der Waals surface area contributed by atoms with Crippen molar-refractivity contribution in [2.24, 2.45) is 0 Å². The maximum atomic E-state index is 5.58. The monoisotopic (exact) mass is 789 g/mol. The number of rotatable bonds is 3. The fraction of sp³-hybridized carbons (Fsp3) is 0.0847. The third-order valence-electron chi connectivity index (χ3n) is 14.3. The third kappa shape index (κ3) is 4.50. The maximum Gasteiger partial charge on any atom is 0.235 e. The van der Waals surface area contributed by atoms with Gasteiger partial charge in [-0.2, -0.15) is 0 Å². The number of nitrogens with zero attached hydrogens (tertiary/aromatic N) is 3. The van der Waals surface area contributed by atoms with Crippen LogP contribution in [0.15, 0.2) is 176 Å². The van der Waals surface area contributed by atoms with Crippen LogP contribution in [0, 0.1) is 0 Å². The molecule has 3 nitrogen and oxygen atoms in total. The molecule has 2 aliphatic carbocycles. The van der Waals surface area contributed by atoms with E-state index in [-0.39, 0.29) is 5.41 Å². The van der Waals surface area contributed by atoms with Crippen LogP contribution in [0.2, 0.25) is 0 Å². The number of hydrogen-bond acceptors (Lipinski definition) is 2. The SMILES string of the molecule is CC1(C)c2ccccc2-c2c1cc1c3cc4c(c5cccc(c6cccc2c61)c35)c1ccccc1n4-c1nc(-c2ccc3cc(C4=CCCC=C4)ccc3c2)c2ccccc2n1. The number of para-hydroxylation sites is 2. The molecule has 62 heavy (non-hydrogen) atoms. The van der Waals surface area contributed by atoms with E-state index in [1.165, 1.54) is 98.0 Å². The Morgan fingerprint density at radius 3 is 2.00 bits per heavy atom. The number of hydrogen-bond donors (Lipinski definition) is 0. The van der Waals surface area contributed by atoms with E-state index in [1.807, 2.05) is 0 Å². The van der Waals surface area contributed by atoms with Crippen LogP contribution in [0.4, 0.5) is 0 Å². The lowest BCUT2D eigenvalue weighted by Gasteiger charge is -2.23. The van der Waals surface area contributed by atoms with E-state index in [1.54, 1.807) is 0 Å². The van der Waals surface area contributed by atoms with Crippen LogP contribution >= 0.6 is 0 Å². The van der Waals surface area contributed by atoms with Crippen molar-refractivity contribution < 1.29 is 0 Å². The quantitative estimate of drug-likeness (QED) is 0.132. The van der Waals surface area contributed by atoms with Gasteiger partial charge in [0.2, 0.25) is 5.95 Å². The molecule has 0 radical (unpaired) electrons. The fourth-order valence-electron chi connectivity index (χ4n) is 11.5. The zero-order valence-electron chi connectivity index (χ0n) is 34.5. The molecule has 0 saturated carbocycles. The first-order valence-corrected chi connectivity index (χ1v) is 21.9. The minimum absolute atomic E-state index is 0.133. The number of benzene rings is 10. The van der Waals surface area contributed by atoms with E-state index in [4.69, 9.17) is 9.97 Å². The molecule has 0 amide bonds. The highest BCUT2D eigenvalue weighted by Gasteiger charge is 2.37. The molecule has 0 spiro atoms. The molecule has 290 valence electrons. The molecule has 0 unspecified atom stereocenters. The highest BCUT2D eigenvalue weighted by Crippen LogP contribution is 2.55. The summed E-state index contributed by atoms with van der Waals surface area (Å²) in [7, 11) is 0. The Morgan fingerprint density at radius 2 is 1.16 bits per heavy atom. The summed E-state index contributed by atoms with van der Waals surface area (Å²) in [6, 6.07) is 58.7. The average Bonchev–Trinajstić information content (AvgIpc) is 3.78. The van der Waals surface area contributed by atoms with E-state index in [0.717, 1.165) is 46.0 Å². The molecular weight excluding hydrogens is 751 g/mol. The molecule has 0 saturated heterocycles. The zero-order valence-corrected chi connectivity index (χ0v) is 34.5. The summed E-state index contributed by atoms with van der Waals surface area (Å²) >= 11 is 0. The molecular formula is C59H39N3. The largest absolute Gasteiger partial charge is 0.278 e. The van der Waals surface area contributed by atoms with Crippen LogP contribution in [0.5, 0.6) is 0 Å². The Labute approximate surface area is 358 Å². The topological polar surface area (TPSA) is 30.7 Å². The van der Waals surface area contributed by atoms with Gasteiger partial charge in [0.05, 0.1) is 22.2 Å². The molecule has 2 heterocycles. The maximum absolute atomic E-state index is 5.58. The highest BCUT2D eigenvalue weighted by atomic mass is 15.2. The Kier molecular flexibility index (Phi) is 6.74. The lowest BCUT2D eigenvalue weighted by atomic mass is 9.80. The predicted molar refractivity (Wildman–Crippen MR) is 262 cm³/mol. The van der Waals surface area contributed by atoms with Crippen LogP contribution in [0.3, 0.4) is 0 Å². The molecule has 2 aliphatic rings. The van der Waals surface area contributed by atoms with E-state index < -0.39 is 0 Å². The number of aromatic nitrogens is 3. The van der Waals surface area contributed by atoms with Crippen molar-refractivity contribution in [3.63, 3.8) is 0 Å². The van der Waals surface area contributed by atoms with Gasteiger partial charge in [0, 0.05) is 27.1 Å². The van der Waals surface area contributed by atoms with Crippen LogP contribution in [-0.2, 0) is 5.41 Å². The van der Waals surface area contributed by atoms with Gasteiger partial charge in [0.15, 0.2) is 0 Å². The first kappa shape index (κ1) is 34.1. The lowest BCUT2D eigenvalue weighted by molar-refractivity contribution is 0.661. The van der Waals surface area contributed by atoms with Crippen LogP contribution in [0.25, 0.3) is 120 Å². The minimum atomic E-state index is -0.133. The van der Waals surface area contributed by atoms with Gasteiger partial charge in [0.25, 0.3) is 0 Å². The standard InChI is InChI=1S/C59H39N3/c1-59(2)48-23-9-6-16-41(48)55-44-21-12-19-39-40-20-13-22-45-54(40)47(46(53(39)44)32-49(55)59)33-52-56(45)43-18-8-11-25-51(43)62(52)58-60-50-24-10-7-17-42(50)57(61-58)38-29-28-36-30-35(26-27-37(36)31-38)34-14-4-3-5-15-34/h4,6-33H,3,5H2,1-2H3. The fourth-order valence-corrected chi connectivity index (χ4v) is 11.5. The summed E-state index contributed by atoms with van der Waals surface area (Å²) in [5.74, 6) is 0.672. The van der Waals surface area contributed by atoms with Gasteiger partial charge in [-0.15, -0.1) is 0 Å². The van der Waals surface area contributed by atoms with E-state index in [9.17, 15) is 0 Å². The Balaban J connectivity index is 1.07. The van der Waals surface area contributed by atoms with Gasteiger partial charge in [-0.1, -0.05) is 153 Å². The van der Waals surface area contributed by atoms with Gasteiger partial charge < -0.3 is 0 Å². The summed E-state index contributed by atoms with van der Waals surface area (Å²) in [5.41, 5.74) is 13.1. The summed E-state index contributed by atoms with van der Waals surface area (Å²) < 4.78 is 2.33. The molecule has 3 heteroatoms. The smallest absolute Gasteiger partial charge is 0.235 e. The summed E-state index contributed by atoms with van der Waals surface area (Å²) in [5, 5.41) is 16.3. The first-order chi connectivity index (χ1) is 30.5. The van der Waals surface area contributed by atoms with Crippen molar-refractivity contribution in [2.45, 2.75) is 32.1 Å². The van der Waals surface area contributed by atoms with Gasteiger partial charge in [-0.05, 0) is 136 Å². The van der Waals surface area contributed by atoms with Crippen molar-refractivity contribution in [1.29, 1.82) is 0 Å². The predicted octanol–water partition coefficient (Wildman–Crippen LogP) is 15.6. The Bertz CT molecular complexity index is 4010. The zero-order chi connectivity index (χ0) is 40.8. The minimum Gasteiger partial charge on any atom is -0.278 e. The van der Waals surface area contributed by atoms with Crippen molar-refractivity contribution in [2.75, 3.05) is 0 Å². The Hall–Kier alpha value is -7.62. The molecule has 14 rings (SSSR count). The van der Waals surface area contributed by atoms with Crippen molar-refractivity contribution >= 4 is 92.1 Å². The number of allylic oxidation sites excluding steroid dienone is 4. The normalized spacial score (nSPS) is 14.6. The van der Waals surface area contributed by atoms with Crippen LogP contribution in [-0.4, -0.2) is 14.5 Å².